The molecule has 0 radical (unpaired) electrons. The van der Waals surface area contributed by atoms with Crippen molar-refractivity contribution in [2.24, 2.45) is 5.92 Å². The molecule has 0 aromatic carbocycles. The number of halogens is 1. The highest BCUT2D eigenvalue weighted by Crippen LogP contribution is 2.36. The van der Waals surface area contributed by atoms with E-state index in [1.165, 1.54) is 10.4 Å². The Morgan fingerprint density at radius 2 is 2.29 bits per heavy atom. The molecule has 0 saturated carbocycles. The van der Waals surface area contributed by atoms with Crippen molar-refractivity contribution < 1.29 is 9.90 Å². The summed E-state index contributed by atoms with van der Waals surface area (Å²) in [5.41, 5.74) is 2.21. The second-order valence-electron chi connectivity index (χ2n) is 6.16. The lowest BCUT2D eigenvalue weighted by Crippen LogP contribution is -2.41. The molecule has 128 valence electrons. The van der Waals surface area contributed by atoms with Crippen molar-refractivity contribution in [1.82, 2.24) is 9.88 Å². The maximum Gasteiger partial charge on any atom is 0.307 e. The molecule has 2 aromatic heterocycles. The molecule has 2 unspecified atom stereocenters. The topological polar surface area (TPSA) is 53.4 Å². The Morgan fingerprint density at radius 1 is 1.46 bits per heavy atom. The number of carbonyl (C=O) groups is 1. The molecule has 2 atom stereocenters. The third kappa shape index (κ3) is 3.87. The van der Waals surface area contributed by atoms with Gasteiger partial charge in [0, 0.05) is 17.6 Å². The normalized spacial score (nSPS) is 20.0. The van der Waals surface area contributed by atoms with Gasteiger partial charge in [0.05, 0.1) is 21.4 Å². The van der Waals surface area contributed by atoms with Crippen LogP contribution in [0.15, 0.2) is 34.2 Å². The van der Waals surface area contributed by atoms with Gasteiger partial charge in [0.2, 0.25) is 0 Å². The second-order valence-corrected chi connectivity index (χ2v) is 8.66. The molecule has 0 amide bonds. The highest BCUT2D eigenvalue weighted by atomic mass is 79.9. The Hall–Kier alpha value is -1.24. The minimum atomic E-state index is -0.694. The predicted molar refractivity (Wildman–Crippen MR) is 99.4 cm³/mol. The summed E-state index contributed by atoms with van der Waals surface area (Å²) >= 11 is 5.23. The highest BCUT2D eigenvalue weighted by Gasteiger charge is 2.32. The smallest absolute Gasteiger partial charge is 0.307 e. The number of hydrogen-bond acceptors (Lipinski definition) is 4. The molecule has 2 aromatic rings. The number of thiophene rings is 1. The summed E-state index contributed by atoms with van der Waals surface area (Å²) in [7, 11) is 0. The summed E-state index contributed by atoms with van der Waals surface area (Å²) in [5.74, 6) is -0.986. The van der Waals surface area contributed by atoms with Crippen LogP contribution in [0.4, 0.5) is 0 Å². The van der Waals surface area contributed by atoms with Crippen LogP contribution in [0, 0.1) is 5.92 Å². The summed E-state index contributed by atoms with van der Waals surface area (Å²) in [4.78, 5) is 19.6. The molecule has 6 heteroatoms. The van der Waals surface area contributed by atoms with Crippen molar-refractivity contribution >= 4 is 33.2 Å². The number of nitrogens with zero attached hydrogens (tertiary/aromatic N) is 2. The highest BCUT2D eigenvalue weighted by molar-refractivity contribution is 9.11. The first-order valence-electron chi connectivity index (χ1n) is 8.25. The number of aromatic nitrogens is 1. The van der Waals surface area contributed by atoms with E-state index in [9.17, 15) is 9.90 Å². The third-order valence-corrected chi connectivity index (χ3v) is 6.24. The summed E-state index contributed by atoms with van der Waals surface area (Å²) in [6.45, 7) is 3.60. The summed E-state index contributed by atoms with van der Waals surface area (Å²) in [6.07, 6.45) is 4.57. The van der Waals surface area contributed by atoms with Gasteiger partial charge in [0.15, 0.2) is 0 Å². The van der Waals surface area contributed by atoms with Gasteiger partial charge in [-0.2, -0.15) is 0 Å². The first-order valence-corrected chi connectivity index (χ1v) is 9.86. The van der Waals surface area contributed by atoms with Gasteiger partial charge in [-0.1, -0.05) is 13.0 Å². The lowest BCUT2D eigenvalue weighted by Gasteiger charge is -2.36. The fourth-order valence-electron chi connectivity index (χ4n) is 3.24. The number of hydrogen-bond donors (Lipinski definition) is 1. The van der Waals surface area contributed by atoms with Crippen LogP contribution >= 0.6 is 27.3 Å². The number of carboxylic acid groups (broad SMARTS) is 1. The summed E-state index contributed by atoms with van der Waals surface area (Å²) in [6, 6.07) is 8.39. The molecule has 1 aliphatic rings. The maximum absolute atomic E-state index is 11.4. The predicted octanol–water partition coefficient (Wildman–Crippen LogP) is 4.35. The van der Waals surface area contributed by atoms with Gasteiger partial charge in [0.1, 0.15) is 0 Å². The van der Waals surface area contributed by atoms with Crippen LogP contribution in [0.1, 0.15) is 41.9 Å². The van der Waals surface area contributed by atoms with E-state index in [2.05, 4.69) is 50.9 Å². The van der Waals surface area contributed by atoms with Crippen LogP contribution in [0.25, 0.3) is 0 Å². The van der Waals surface area contributed by atoms with E-state index in [1.54, 1.807) is 11.3 Å². The number of piperidine rings is 1. The summed E-state index contributed by atoms with van der Waals surface area (Å²) in [5, 5.41) is 9.40. The van der Waals surface area contributed by atoms with E-state index in [0.29, 0.717) is 6.54 Å². The fourth-order valence-corrected chi connectivity index (χ4v) is 4.81. The van der Waals surface area contributed by atoms with Gasteiger partial charge >= 0.3 is 5.97 Å². The molecule has 4 nitrogen and oxygen atoms in total. The molecule has 3 heterocycles. The molecule has 1 saturated heterocycles. The number of aliphatic carboxylic acids is 1. The van der Waals surface area contributed by atoms with Gasteiger partial charge < -0.3 is 5.11 Å². The molecule has 1 aliphatic heterocycles. The Labute approximate surface area is 154 Å². The van der Waals surface area contributed by atoms with Crippen LogP contribution in [0.3, 0.4) is 0 Å². The minimum absolute atomic E-state index is 0.0226. The fraction of sp³-hybridized carbons (Fsp3) is 0.444. The molecule has 3 rings (SSSR count). The molecule has 1 fully saturated rings. The van der Waals surface area contributed by atoms with Crippen molar-refractivity contribution in [2.75, 3.05) is 13.1 Å². The Kier molecular flexibility index (Phi) is 5.69. The van der Waals surface area contributed by atoms with Crippen LogP contribution in [0.5, 0.6) is 0 Å². The van der Waals surface area contributed by atoms with E-state index in [0.717, 1.165) is 35.3 Å². The molecule has 1 N–H and O–H groups in total. The van der Waals surface area contributed by atoms with Gasteiger partial charge in [-0.15, -0.1) is 11.3 Å². The largest absolute Gasteiger partial charge is 0.481 e. The molecular formula is C18H21BrN2O2S. The minimum Gasteiger partial charge on any atom is -0.481 e. The standard InChI is InChI=1S/C18H21BrN2O2S/c1-2-12-5-6-14(20-10-12)17(15-7-8-16(19)24-15)21-9-3-4-13(11-21)18(22)23/h5-8,10,13,17H,2-4,9,11H2,1H3,(H,22,23). The average molecular weight is 409 g/mol. The quantitative estimate of drug-likeness (QED) is 0.798. The van der Waals surface area contributed by atoms with Crippen molar-refractivity contribution in [3.8, 4) is 0 Å². The number of aryl methyl sites for hydroxylation is 1. The van der Waals surface area contributed by atoms with Crippen LogP contribution in [-0.4, -0.2) is 34.0 Å². The van der Waals surface area contributed by atoms with E-state index in [4.69, 9.17) is 0 Å². The van der Waals surface area contributed by atoms with Gasteiger partial charge in [-0.25, -0.2) is 0 Å². The van der Waals surface area contributed by atoms with Crippen molar-refractivity contribution in [1.29, 1.82) is 0 Å². The van der Waals surface area contributed by atoms with Gasteiger partial charge in [0.25, 0.3) is 0 Å². The van der Waals surface area contributed by atoms with E-state index >= 15 is 0 Å². The van der Waals surface area contributed by atoms with Gasteiger partial charge in [-0.3, -0.25) is 14.7 Å². The van der Waals surface area contributed by atoms with E-state index < -0.39 is 5.97 Å². The Morgan fingerprint density at radius 3 is 2.88 bits per heavy atom. The number of likely N-dealkylation sites (tertiary alicyclic amines) is 1. The number of carboxylic acids is 1. The number of rotatable bonds is 5. The first-order chi connectivity index (χ1) is 11.6. The lowest BCUT2D eigenvalue weighted by molar-refractivity contribution is -0.143. The van der Waals surface area contributed by atoms with Crippen molar-refractivity contribution in [2.45, 2.75) is 32.2 Å². The van der Waals surface area contributed by atoms with E-state index in [1.807, 2.05) is 12.3 Å². The van der Waals surface area contributed by atoms with E-state index in [-0.39, 0.29) is 12.0 Å². The molecule has 0 aliphatic carbocycles. The number of pyridine rings is 1. The SMILES string of the molecule is CCc1ccc(C(c2ccc(Br)s2)N2CCCC(C(=O)O)C2)nc1. The van der Waals surface area contributed by atoms with Crippen molar-refractivity contribution in [3.63, 3.8) is 0 Å². The van der Waals surface area contributed by atoms with Gasteiger partial charge in [-0.05, 0) is 65.5 Å². The second kappa shape index (κ2) is 7.76. The summed E-state index contributed by atoms with van der Waals surface area (Å²) < 4.78 is 1.08. The zero-order chi connectivity index (χ0) is 17.1. The zero-order valence-electron chi connectivity index (χ0n) is 13.6. The lowest BCUT2D eigenvalue weighted by atomic mass is 9.95. The molecular weight excluding hydrogens is 388 g/mol. The molecule has 0 spiro atoms. The van der Waals surface area contributed by atoms with Crippen LogP contribution in [-0.2, 0) is 11.2 Å². The monoisotopic (exact) mass is 408 g/mol. The third-order valence-electron chi connectivity index (χ3n) is 4.57. The average Bonchev–Trinajstić information content (AvgIpc) is 3.02. The Balaban J connectivity index is 1.93. The van der Waals surface area contributed by atoms with Crippen LogP contribution < -0.4 is 0 Å². The maximum atomic E-state index is 11.4. The Bertz CT molecular complexity index is 701. The zero-order valence-corrected chi connectivity index (χ0v) is 16.0. The van der Waals surface area contributed by atoms with Crippen LogP contribution in [0.2, 0.25) is 0 Å². The molecule has 24 heavy (non-hydrogen) atoms. The first kappa shape index (κ1) is 17.6. The van der Waals surface area contributed by atoms with Crippen molar-refractivity contribution in [3.05, 3.63) is 50.4 Å². The molecule has 0 bridgehead atoms.